The quantitative estimate of drug-likeness (QED) is 0.592. The van der Waals surface area contributed by atoms with E-state index in [0.717, 1.165) is 6.67 Å². The molecule has 60 valence electrons. The van der Waals surface area contributed by atoms with Gasteiger partial charge in [-0.05, 0) is 6.42 Å². The molecule has 0 atom stereocenters. The van der Waals surface area contributed by atoms with Crippen LogP contribution in [0.2, 0.25) is 0 Å². The highest BCUT2D eigenvalue weighted by Crippen LogP contribution is 2.04. The van der Waals surface area contributed by atoms with E-state index in [4.69, 9.17) is 0 Å². The Bertz CT molecular complexity index is 125. The Morgan fingerprint density at radius 3 is 2.80 bits per heavy atom. The summed E-state index contributed by atoms with van der Waals surface area (Å²) >= 11 is 0. The van der Waals surface area contributed by atoms with Gasteiger partial charge in [0.25, 0.3) is 0 Å². The van der Waals surface area contributed by atoms with Crippen molar-refractivity contribution in [3.63, 3.8) is 0 Å². The molecule has 0 aromatic carbocycles. The Balaban J connectivity index is 0.000001000. The van der Waals surface area contributed by atoms with Gasteiger partial charge >= 0.3 is 0 Å². The van der Waals surface area contributed by atoms with Crippen molar-refractivity contribution in [2.24, 2.45) is 0 Å². The van der Waals surface area contributed by atoms with Crippen molar-refractivity contribution in [2.75, 3.05) is 20.3 Å². The maximum absolute atomic E-state index is 2.34. The normalized spacial score (nSPS) is 17.0. The first-order valence-corrected chi connectivity index (χ1v) is 3.95. The Labute approximate surface area is 64.6 Å². The van der Waals surface area contributed by atoms with E-state index in [-0.39, 0.29) is 1.43 Å². The molecule has 0 amide bonds. The van der Waals surface area contributed by atoms with Crippen molar-refractivity contribution in [1.82, 2.24) is 9.80 Å². The lowest BCUT2D eigenvalue weighted by Crippen LogP contribution is -2.23. The number of nitrogens with zero attached hydrogens (tertiary/aromatic N) is 2. The molecule has 0 saturated carbocycles. The number of rotatable bonds is 3. The van der Waals surface area contributed by atoms with Crippen LogP contribution in [0.5, 0.6) is 0 Å². The lowest BCUT2D eigenvalue weighted by atomic mass is 10.3. The van der Waals surface area contributed by atoms with E-state index >= 15 is 0 Å². The number of hydrogen-bond donors (Lipinski definition) is 0. The predicted molar refractivity (Wildman–Crippen MR) is 45.5 cm³/mol. The summed E-state index contributed by atoms with van der Waals surface area (Å²) in [5, 5.41) is 0. The molecule has 1 aliphatic rings. The Kier molecular flexibility index (Phi) is 2.60. The molecule has 2 nitrogen and oxygen atoms in total. The molecule has 0 N–H and O–H groups in total. The van der Waals surface area contributed by atoms with Gasteiger partial charge in [0.2, 0.25) is 0 Å². The second-order valence-electron chi connectivity index (χ2n) is 2.86. The van der Waals surface area contributed by atoms with Crippen molar-refractivity contribution < 1.29 is 1.43 Å². The second kappa shape index (κ2) is 3.49. The van der Waals surface area contributed by atoms with Crippen molar-refractivity contribution in [2.45, 2.75) is 19.8 Å². The molecule has 0 fully saturated rings. The predicted octanol–water partition coefficient (Wildman–Crippen LogP) is 1.71. The summed E-state index contributed by atoms with van der Waals surface area (Å²) in [6.45, 7) is 4.50. The monoisotopic (exact) mass is 142 g/mol. The van der Waals surface area contributed by atoms with Crippen LogP contribution in [0.25, 0.3) is 0 Å². The third-order valence-electron chi connectivity index (χ3n) is 1.74. The van der Waals surface area contributed by atoms with E-state index in [0.29, 0.717) is 0 Å². The van der Waals surface area contributed by atoms with Gasteiger partial charge in [0.15, 0.2) is 0 Å². The topological polar surface area (TPSA) is 6.48 Å². The van der Waals surface area contributed by atoms with Crippen LogP contribution in [0.3, 0.4) is 0 Å². The molecule has 0 radical (unpaired) electrons. The molecule has 1 aliphatic heterocycles. The van der Waals surface area contributed by atoms with Crippen LogP contribution in [-0.2, 0) is 0 Å². The van der Waals surface area contributed by atoms with Gasteiger partial charge in [-0.3, -0.25) is 0 Å². The summed E-state index contributed by atoms with van der Waals surface area (Å²) in [5.74, 6) is 0. The van der Waals surface area contributed by atoms with Crippen LogP contribution in [0.1, 0.15) is 21.2 Å². The van der Waals surface area contributed by atoms with Gasteiger partial charge in [-0.25, -0.2) is 0 Å². The number of hydrogen-bond acceptors (Lipinski definition) is 2. The molecular formula is C8H18N2. The second-order valence-corrected chi connectivity index (χ2v) is 2.86. The van der Waals surface area contributed by atoms with E-state index in [9.17, 15) is 0 Å². The standard InChI is InChI=1S/C8H16N2.H2/c1-3-4-5-10-7-6-9(2)8-10;/h6-7H,3-5,8H2,1-2H3;1H. The van der Waals surface area contributed by atoms with Crippen molar-refractivity contribution >= 4 is 0 Å². The summed E-state index contributed by atoms with van der Waals surface area (Å²) in [6, 6.07) is 0. The van der Waals surface area contributed by atoms with Gasteiger partial charge in [0, 0.05) is 27.4 Å². The van der Waals surface area contributed by atoms with Gasteiger partial charge < -0.3 is 9.80 Å². The van der Waals surface area contributed by atoms with Crippen LogP contribution in [0, 0.1) is 0 Å². The van der Waals surface area contributed by atoms with Crippen molar-refractivity contribution in [3.8, 4) is 0 Å². The first-order valence-electron chi connectivity index (χ1n) is 3.95. The highest BCUT2D eigenvalue weighted by atomic mass is 15.3. The molecule has 0 aliphatic carbocycles. The third kappa shape index (κ3) is 1.94. The maximum Gasteiger partial charge on any atom is 0.0890 e. The molecule has 0 aromatic rings. The zero-order valence-corrected chi connectivity index (χ0v) is 6.88. The van der Waals surface area contributed by atoms with Gasteiger partial charge in [-0.15, -0.1) is 0 Å². The smallest absolute Gasteiger partial charge is 0.0890 e. The maximum atomic E-state index is 2.34. The minimum Gasteiger partial charge on any atom is -0.362 e. The van der Waals surface area contributed by atoms with Crippen LogP contribution >= 0.6 is 0 Å². The average Bonchev–Trinajstić information content (AvgIpc) is 2.31. The van der Waals surface area contributed by atoms with Gasteiger partial charge in [0.05, 0.1) is 6.67 Å². The minimum absolute atomic E-state index is 0. The summed E-state index contributed by atoms with van der Waals surface area (Å²) < 4.78 is 0. The zero-order valence-electron chi connectivity index (χ0n) is 6.88. The fraction of sp³-hybridized carbons (Fsp3) is 0.750. The van der Waals surface area contributed by atoms with Crippen LogP contribution < -0.4 is 0 Å². The summed E-state index contributed by atoms with van der Waals surface area (Å²) in [4.78, 5) is 4.53. The summed E-state index contributed by atoms with van der Waals surface area (Å²) in [5.41, 5.74) is 0. The zero-order chi connectivity index (χ0) is 7.40. The fourth-order valence-corrected chi connectivity index (χ4v) is 1.10. The van der Waals surface area contributed by atoms with Crippen LogP contribution in [0.15, 0.2) is 12.4 Å². The number of unbranched alkanes of at least 4 members (excludes halogenated alkanes) is 1. The highest BCUT2D eigenvalue weighted by Gasteiger charge is 2.05. The van der Waals surface area contributed by atoms with Crippen LogP contribution in [-0.4, -0.2) is 30.1 Å². The molecule has 0 bridgehead atoms. The van der Waals surface area contributed by atoms with Crippen LogP contribution in [0.4, 0.5) is 0 Å². The summed E-state index contributed by atoms with van der Waals surface area (Å²) in [7, 11) is 2.10. The molecule has 0 unspecified atom stereocenters. The molecular weight excluding hydrogens is 124 g/mol. The van der Waals surface area contributed by atoms with E-state index in [1.165, 1.54) is 19.4 Å². The van der Waals surface area contributed by atoms with Gasteiger partial charge in [-0.2, -0.15) is 0 Å². The molecule has 0 saturated heterocycles. The lowest BCUT2D eigenvalue weighted by Gasteiger charge is -2.17. The van der Waals surface area contributed by atoms with Gasteiger partial charge in [-0.1, -0.05) is 13.3 Å². The van der Waals surface area contributed by atoms with E-state index < -0.39 is 0 Å². The molecule has 1 heterocycles. The Morgan fingerprint density at radius 1 is 1.50 bits per heavy atom. The molecule has 0 spiro atoms. The van der Waals surface area contributed by atoms with Gasteiger partial charge in [0.1, 0.15) is 0 Å². The van der Waals surface area contributed by atoms with E-state index in [1.54, 1.807) is 0 Å². The third-order valence-corrected chi connectivity index (χ3v) is 1.74. The fourth-order valence-electron chi connectivity index (χ4n) is 1.10. The summed E-state index contributed by atoms with van der Waals surface area (Å²) in [6.07, 6.45) is 6.87. The van der Waals surface area contributed by atoms with E-state index in [1.807, 2.05) is 0 Å². The van der Waals surface area contributed by atoms with E-state index in [2.05, 4.69) is 36.2 Å². The van der Waals surface area contributed by atoms with Crippen molar-refractivity contribution in [3.05, 3.63) is 12.4 Å². The lowest BCUT2D eigenvalue weighted by molar-refractivity contribution is 0.293. The van der Waals surface area contributed by atoms with Crippen molar-refractivity contribution in [1.29, 1.82) is 0 Å². The highest BCUT2D eigenvalue weighted by molar-refractivity contribution is 4.88. The SMILES string of the molecule is CCCCN1C=CN(C)C1.[HH]. The molecule has 1 rings (SSSR count). The molecule has 2 heteroatoms. The Morgan fingerprint density at radius 2 is 2.30 bits per heavy atom. The Hall–Kier alpha value is -0.660. The molecule has 10 heavy (non-hydrogen) atoms. The molecule has 0 aromatic heterocycles. The largest absolute Gasteiger partial charge is 0.362 e. The first-order chi connectivity index (χ1) is 4.83. The average molecular weight is 142 g/mol. The minimum atomic E-state index is 0. The first kappa shape index (κ1) is 7.45.